The van der Waals surface area contributed by atoms with E-state index in [2.05, 4.69) is 10.00 Å². The van der Waals surface area contributed by atoms with Crippen LogP contribution in [0.4, 0.5) is 5.82 Å². The number of aromatic nitrogens is 4. The van der Waals surface area contributed by atoms with Gasteiger partial charge in [0.05, 0.1) is 23.5 Å². The molecule has 0 bridgehead atoms. The Hall–Kier alpha value is -3.68. The van der Waals surface area contributed by atoms with Crippen LogP contribution in [0, 0.1) is 0 Å². The monoisotopic (exact) mass is 414 g/mol. The summed E-state index contributed by atoms with van der Waals surface area (Å²) in [7, 11) is 0. The van der Waals surface area contributed by atoms with E-state index >= 15 is 0 Å². The van der Waals surface area contributed by atoms with Gasteiger partial charge in [-0.25, -0.2) is 14.6 Å². The van der Waals surface area contributed by atoms with Gasteiger partial charge in [-0.3, -0.25) is 4.79 Å². The zero-order chi connectivity index (χ0) is 20.8. The molecule has 31 heavy (non-hydrogen) atoms. The summed E-state index contributed by atoms with van der Waals surface area (Å²) in [6.07, 6.45) is 5.66. The van der Waals surface area contributed by atoms with Crippen LogP contribution in [0.2, 0.25) is 0 Å². The summed E-state index contributed by atoms with van der Waals surface area (Å²) in [5, 5.41) is 5.57. The SMILES string of the molecule is O=C(c1ccco1)N1CCN(c2nc(C3CC3)nc3c2cnn3-c2ccccc2)CC1. The molecule has 4 aromatic rings. The van der Waals surface area contributed by atoms with Gasteiger partial charge in [0.1, 0.15) is 11.6 Å². The summed E-state index contributed by atoms with van der Waals surface area (Å²) < 4.78 is 7.17. The molecule has 156 valence electrons. The number of carbonyl (C=O) groups excluding carboxylic acids is 1. The first-order valence-electron chi connectivity index (χ1n) is 10.7. The molecule has 8 nitrogen and oxygen atoms in total. The highest BCUT2D eigenvalue weighted by Crippen LogP contribution is 2.40. The third-order valence-electron chi connectivity index (χ3n) is 5.97. The molecule has 4 heterocycles. The van der Waals surface area contributed by atoms with Crippen molar-refractivity contribution < 1.29 is 9.21 Å². The molecule has 0 spiro atoms. The van der Waals surface area contributed by atoms with Crippen molar-refractivity contribution in [3.05, 3.63) is 66.5 Å². The number of anilines is 1. The van der Waals surface area contributed by atoms with Crippen molar-refractivity contribution in [2.75, 3.05) is 31.1 Å². The fourth-order valence-electron chi connectivity index (χ4n) is 4.11. The topological polar surface area (TPSA) is 80.3 Å². The molecule has 1 saturated carbocycles. The molecule has 0 atom stereocenters. The van der Waals surface area contributed by atoms with Gasteiger partial charge in [-0.05, 0) is 37.1 Å². The number of hydrogen-bond acceptors (Lipinski definition) is 6. The molecular weight excluding hydrogens is 392 g/mol. The number of amides is 1. The minimum Gasteiger partial charge on any atom is -0.459 e. The average Bonchev–Trinajstić information content (AvgIpc) is 3.36. The molecule has 2 aliphatic rings. The Morgan fingerprint density at radius 1 is 0.968 bits per heavy atom. The summed E-state index contributed by atoms with van der Waals surface area (Å²) in [5.74, 6) is 2.57. The Morgan fingerprint density at radius 2 is 1.77 bits per heavy atom. The van der Waals surface area contributed by atoms with E-state index in [1.54, 1.807) is 12.1 Å². The maximum Gasteiger partial charge on any atom is 0.289 e. The third kappa shape index (κ3) is 3.24. The van der Waals surface area contributed by atoms with Crippen molar-refractivity contribution in [3.63, 3.8) is 0 Å². The van der Waals surface area contributed by atoms with E-state index in [0.29, 0.717) is 37.9 Å². The predicted molar refractivity (Wildman–Crippen MR) is 115 cm³/mol. The molecule has 3 aromatic heterocycles. The van der Waals surface area contributed by atoms with Crippen LogP contribution in [-0.4, -0.2) is 56.7 Å². The molecule has 1 aromatic carbocycles. The number of furan rings is 1. The van der Waals surface area contributed by atoms with Gasteiger partial charge >= 0.3 is 0 Å². The van der Waals surface area contributed by atoms with Crippen molar-refractivity contribution in [2.45, 2.75) is 18.8 Å². The highest BCUT2D eigenvalue weighted by Gasteiger charge is 2.31. The molecule has 1 saturated heterocycles. The molecule has 0 radical (unpaired) electrons. The van der Waals surface area contributed by atoms with Crippen molar-refractivity contribution in [1.82, 2.24) is 24.6 Å². The third-order valence-corrected chi connectivity index (χ3v) is 5.97. The summed E-state index contributed by atoms with van der Waals surface area (Å²) in [6, 6.07) is 13.5. The van der Waals surface area contributed by atoms with Crippen LogP contribution in [0.3, 0.4) is 0 Å². The Bertz CT molecular complexity index is 1220. The lowest BCUT2D eigenvalue weighted by Crippen LogP contribution is -2.49. The van der Waals surface area contributed by atoms with Gasteiger partial charge in [-0.2, -0.15) is 5.10 Å². The smallest absolute Gasteiger partial charge is 0.289 e. The largest absolute Gasteiger partial charge is 0.459 e. The lowest BCUT2D eigenvalue weighted by atomic mass is 10.2. The minimum atomic E-state index is -0.0620. The quantitative estimate of drug-likeness (QED) is 0.510. The number of carbonyl (C=O) groups is 1. The second-order valence-corrected chi connectivity index (χ2v) is 8.07. The number of fused-ring (bicyclic) bond motifs is 1. The van der Waals surface area contributed by atoms with E-state index in [1.165, 1.54) is 6.26 Å². The first-order valence-corrected chi connectivity index (χ1v) is 10.7. The molecule has 2 fully saturated rings. The summed E-state index contributed by atoms with van der Waals surface area (Å²) >= 11 is 0. The Balaban J connectivity index is 1.33. The first-order chi connectivity index (χ1) is 15.3. The van der Waals surface area contributed by atoms with E-state index in [1.807, 2.05) is 46.1 Å². The van der Waals surface area contributed by atoms with E-state index in [4.69, 9.17) is 14.4 Å². The molecular formula is C23H22N6O2. The Morgan fingerprint density at radius 3 is 2.48 bits per heavy atom. The number of hydrogen-bond donors (Lipinski definition) is 0. The maximum absolute atomic E-state index is 12.6. The number of para-hydroxylation sites is 1. The highest BCUT2D eigenvalue weighted by molar-refractivity contribution is 5.92. The fourth-order valence-corrected chi connectivity index (χ4v) is 4.11. The van der Waals surface area contributed by atoms with Crippen molar-refractivity contribution >= 4 is 22.8 Å². The van der Waals surface area contributed by atoms with Crippen molar-refractivity contribution in [1.29, 1.82) is 0 Å². The molecule has 1 aliphatic carbocycles. The van der Waals surface area contributed by atoms with Gasteiger partial charge in [-0.15, -0.1) is 0 Å². The van der Waals surface area contributed by atoms with Crippen LogP contribution in [0.1, 0.15) is 35.1 Å². The maximum atomic E-state index is 12.6. The minimum absolute atomic E-state index is 0.0620. The van der Waals surface area contributed by atoms with E-state index in [9.17, 15) is 4.79 Å². The average molecular weight is 414 g/mol. The van der Waals surface area contributed by atoms with Crippen molar-refractivity contribution in [3.8, 4) is 5.69 Å². The normalized spacial score (nSPS) is 16.8. The molecule has 0 N–H and O–H groups in total. The number of piperazine rings is 1. The van der Waals surface area contributed by atoms with Crippen LogP contribution in [0.15, 0.2) is 59.3 Å². The summed E-state index contributed by atoms with van der Waals surface area (Å²) in [5.41, 5.74) is 1.82. The van der Waals surface area contributed by atoms with Gasteiger partial charge in [0.2, 0.25) is 0 Å². The molecule has 1 amide bonds. The molecule has 6 rings (SSSR count). The summed E-state index contributed by atoms with van der Waals surface area (Å²) in [6.45, 7) is 2.66. The van der Waals surface area contributed by atoms with Crippen LogP contribution in [0.25, 0.3) is 16.7 Å². The Labute approximate surface area is 179 Å². The van der Waals surface area contributed by atoms with E-state index in [-0.39, 0.29) is 5.91 Å². The van der Waals surface area contributed by atoms with Crippen LogP contribution >= 0.6 is 0 Å². The van der Waals surface area contributed by atoms with E-state index < -0.39 is 0 Å². The molecule has 8 heteroatoms. The van der Waals surface area contributed by atoms with Gasteiger partial charge in [0, 0.05) is 32.1 Å². The van der Waals surface area contributed by atoms with Crippen LogP contribution in [-0.2, 0) is 0 Å². The van der Waals surface area contributed by atoms with Gasteiger partial charge in [-0.1, -0.05) is 18.2 Å². The second kappa shape index (κ2) is 7.23. The van der Waals surface area contributed by atoms with Crippen LogP contribution in [0.5, 0.6) is 0 Å². The highest BCUT2D eigenvalue weighted by atomic mass is 16.3. The molecule has 1 aliphatic heterocycles. The first kappa shape index (κ1) is 18.1. The number of benzene rings is 1. The number of rotatable bonds is 4. The standard InChI is InChI=1S/C23H22N6O2/c30-23(19-7-4-14-31-19)28-12-10-27(11-13-28)21-18-15-24-29(17-5-2-1-3-6-17)22(18)26-20(25-21)16-8-9-16/h1-7,14-16H,8-13H2. The van der Waals surface area contributed by atoms with Gasteiger partial charge < -0.3 is 14.2 Å². The van der Waals surface area contributed by atoms with E-state index in [0.717, 1.165) is 41.2 Å². The summed E-state index contributed by atoms with van der Waals surface area (Å²) in [4.78, 5) is 26.5. The van der Waals surface area contributed by atoms with Crippen molar-refractivity contribution in [2.24, 2.45) is 0 Å². The Kier molecular flexibility index (Phi) is 4.22. The zero-order valence-corrected chi connectivity index (χ0v) is 17.0. The fraction of sp³-hybridized carbons (Fsp3) is 0.304. The van der Waals surface area contributed by atoms with Gasteiger partial charge in [0.15, 0.2) is 11.4 Å². The second-order valence-electron chi connectivity index (χ2n) is 8.07. The lowest BCUT2D eigenvalue weighted by Gasteiger charge is -2.35. The zero-order valence-electron chi connectivity index (χ0n) is 17.0. The predicted octanol–water partition coefficient (Wildman–Crippen LogP) is 3.25. The molecule has 0 unspecified atom stereocenters. The lowest BCUT2D eigenvalue weighted by molar-refractivity contribution is 0.0714. The number of nitrogens with zero attached hydrogens (tertiary/aromatic N) is 6. The van der Waals surface area contributed by atoms with Crippen LogP contribution < -0.4 is 4.90 Å². The van der Waals surface area contributed by atoms with Gasteiger partial charge in [0.25, 0.3) is 5.91 Å².